The standard InChI is InChI=1S/C15H19F4N/c1-4-7-20-14(8-10(2)3)12-9-11(16)5-6-13(12)15(17,18)19/h5-6,9,14,20H,2,4,7-8H2,1,3H3. The topological polar surface area (TPSA) is 12.0 Å². The molecule has 1 rings (SSSR count). The van der Waals surface area contributed by atoms with Crippen molar-refractivity contribution in [1.82, 2.24) is 5.32 Å². The second-order valence-corrected chi connectivity index (χ2v) is 4.90. The van der Waals surface area contributed by atoms with E-state index in [2.05, 4.69) is 11.9 Å². The molecule has 0 aromatic heterocycles. The number of hydrogen-bond donors (Lipinski definition) is 1. The molecule has 0 amide bonds. The Morgan fingerprint density at radius 3 is 2.50 bits per heavy atom. The van der Waals surface area contributed by atoms with Gasteiger partial charge in [-0.3, -0.25) is 0 Å². The monoisotopic (exact) mass is 289 g/mol. The summed E-state index contributed by atoms with van der Waals surface area (Å²) in [7, 11) is 0. The van der Waals surface area contributed by atoms with E-state index in [1.54, 1.807) is 6.92 Å². The minimum absolute atomic E-state index is 0.0612. The summed E-state index contributed by atoms with van der Waals surface area (Å²) >= 11 is 0. The van der Waals surface area contributed by atoms with Crippen LogP contribution in [0.1, 0.15) is 43.9 Å². The molecule has 0 aliphatic carbocycles. The first kappa shape index (κ1) is 16.7. The summed E-state index contributed by atoms with van der Waals surface area (Å²) in [6.45, 7) is 7.95. The van der Waals surface area contributed by atoms with Crippen LogP contribution in [0.4, 0.5) is 17.6 Å². The van der Waals surface area contributed by atoms with Gasteiger partial charge in [-0.15, -0.1) is 6.58 Å². The third-order valence-corrected chi connectivity index (χ3v) is 2.89. The van der Waals surface area contributed by atoms with Gasteiger partial charge in [0, 0.05) is 6.04 Å². The van der Waals surface area contributed by atoms with E-state index in [0.29, 0.717) is 13.0 Å². The Bertz CT molecular complexity index is 465. The highest BCUT2D eigenvalue weighted by Gasteiger charge is 2.35. The molecule has 1 aromatic carbocycles. The van der Waals surface area contributed by atoms with Crippen LogP contribution >= 0.6 is 0 Å². The van der Waals surface area contributed by atoms with Crippen molar-refractivity contribution in [3.05, 3.63) is 47.3 Å². The van der Waals surface area contributed by atoms with Crippen LogP contribution in [0.5, 0.6) is 0 Å². The second-order valence-electron chi connectivity index (χ2n) is 4.90. The van der Waals surface area contributed by atoms with Gasteiger partial charge in [0.25, 0.3) is 0 Å². The molecular formula is C15H19F4N. The van der Waals surface area contributed by atoms with Gasteiger partial charge in [-0.25, -0.2) is 4.39 Å². The van der Waals surface area contributed by atoms with E-state index < -0.39 is 23.6 Å². The third-order valence-electron chi connectivity index (χ3n) is 2.89. The van der Waals surface area contributed by atoms with Crippen LogP contribution in [0, 0.1) is 5.82 Å². The van der Waals surface area contributed by atoms with Gasteiger partial charge >= 0.3 is 6.18 Å². The molecule has 0 spiro atoms. The van der Waals surface area contributed by atoms with Crippen LogP contribution in [-0.2, 0) is 6.18 Å². The zero-order valence-corrected chi connectivity index (χ0v) is 11.6. The molecule has 1 aromatic rings. The van der Waals surface area contributed by atoms with E-state index in [4.69, 9.17) is 0 Å². The lowest BCUT2D eigenvalue weighted by molar-refractivity contribution is -0.138. The van der Waals surface area contributed by atoms with Crippen LogP contribution in [0.3, 0.4) is 0 Å². The van der Waals surface area contributed by atoms with Gasteiger partial charge in [0.15, 0.2) is 0 Å². The van der Waals surface area contributed by atoms with Crippen LogP contribution in [0.15, 0.2) is 30.4 Å². The fourth-order valence-corrected chi connectivity index (χ4v) is 2.04. The molecule has 5 heteroatoms. The average molecular weight is 289 g/mol. The summed E-state index contributed by atoms with van der Waals surface area (Å²) in [5, 5.41) is 3.03. The van der Waals surface area contributed by atoms with Gasteiger partial charge in [-0.1, -0.05) is 12.5 Å². The zero-order chi connectivity index (χ0) is 15.3. The number of alkyl halides is 3. The Morgan fingerprint density at radius 1 is 1.35 bits per heavy atom. The third kappa shape index (κ3) is 4.63. The maximum Gasteiger partial charge on any atom is 0.416 e. The molecule has 0 bridgehead atoms. The van der Waals surface area contributed by atoms with Gasteiger partial charge in [0.05, 0.1) is 5.56 Å². The number of hydrogen-bond acceptors (Lipinski definition) is 1. The van der Waals surface area contributed by atoms with Crippen LogP contribution < -0.4 is 5.32 Å². The summed E-state index contributed by atoms with van der Waals surface area (Å²) in [4.78, 5) is 0. The van der Waals surface area contributed by atoms with Crippen LogP contribution in [0.25, 0.3) is 0 Å². The maximum absolute atomic E-state index is 13.3. The Hall–Kier alpha value is -1.36. The van der Waals surface area contributed by atoms with Crippen molar-refractivity contribution >= 4 is 0 Å². The maximum atomic E-state index is 13.3. The molecule has 112 valence electrons. The average Bonchev–Trinajstić information content (AvgIpc) is 2.32. The summed E-state index contributed by atoms with van der Waals surface area (Å²) < 4.78 is 52.4. The summed E-state index contributed by atoms with van der Waals surface area (Å²) in [6.07, 6.45) is -3.37. The Balaban J connectivity index is 3.22. The largest absolute Gasteiger partial charge is 0.416 e. The first-order chi connectivity index (χ1) is 9.25. The molecule has 20 heavy (non-hydrogen) atoms. The van der Waals surface area contributed by atoms with Crippen molar-refractivity contribution < 1.29 is 17.6 Å². The van der Waals surface area contributed by atoms with E-state index in [9.17, 15) is 17.6 Å². The SMILES string of the molecule is C=C(C)CC(NCCC)c1cc(F)ccc1C(F)(F)F. The van der Waals surface area contributed by atoms with Gasteiger partial charge in [0.1, 0.15) is 5.82 Å². The summed E-state index contributed by atoms with van der Waals surface area (Å²) in [5.41, 5.74) is -0.112. The number of halogens is 4. The van der Waals surface area contributed by atoms with Gasteiger partial charge in [-0.05, 0) is 50.1 Å². The number of nitrogens with one attached hydrogen (secondary N) is 1. The molecule has 0 heterocycles. The van der Waals surface area contributed by atoms with Crippen molar-refractivity contribution in [2.24, 2.45) is 0 Å². The lowest BCUT2D eigenvalue weighted by atomic mass is 9.95. The molecule has 0 radical (unpaired) electrons. The Morgan fingerprint density at radius 2 is 2.00 bits per heavy atom. The number of benzene rings is 1. The first-order valence-electron chi connectivity index (χ1n) is 6.50. The van der Waals surface area contributed by atoms with Crippen molar-refractivity contribution in [2.45, 2.75) is 38.9 Å². The summed E-state index contributed by atoms with van der Waals surface area (Å²) in [5.74, 6) is -0.669. The van der Waals surface area contributed by atoms with Gasteiger partial charge < -0.3 is 5.32 Å². The Kier molecular flexibility index (Phi) is 5.74. The molecule has 0 saturated heterocycles. The van der Waals surface area contributed by atoms with Gasteiger partial charge in [-0.2, -0.15) is 13.2 Å². The Labute approximate surface area is 116 Å². The first-order valence-corrected chi connectivity index (χ1v) is 6.50. The molecule has 0 aliphatic rings. The van der Waals surface area contributed by atoms with E-state index in [1.807, 2.05) is 6.92 Å². The van der Waals surface area contributed by atoms with E-state index >= 15 is 0 Å². The molecule has 1 N–H and O–H groups in total. The second kappa shape index (κ2) is 6.88. The highest BCUT2D eigenvalue weighted by atomic mass is 19.4. The van der Waals surface area contributed by atoms with Gasteiger partial charge in [0.2, 0.25) is 0 Å². The lowest BCUT2D eigenvalue weighted by Crippen LogP contribution is -2.25. The van der Waals surface area contributed by atoms with Crippen molar-refractivity contribution in [2.75, 3.05) is 6.54 Å². The van der Waals surface area contributed by atoms with E-state index in [-0.39, 0.29) is 5.56 Å². The van der Waals surface area contributed by atoms with Crippen LogP contribution in [-0.4, -0.2) is 6.54 Å². The van der Waals surface area contributed by atoms with Crippen molar-refractivity contribution in [3.8, 4) is 0 Å². The lowest BCUT2D eigenvalue weighted by Gasteiger charge is -2.23. The minimum Gasteiger partial charge on any atom is -0.310 e. The molecule has 1 atom stereocenters. The quantitative estimate of drug-likeness (QED) is 0.583. The molecule has 0 aliphatic heterocycles. The molecular weight excluding hydrogens is 270 g/mol. The van der Waals surface area contributed by atoms with Crippen molar-refractivity contribution in [1.29, 1.82) is 0 Å². The minimum atomic E-state index is -4.50. The fraction of sp³-hybridized carbons (Fsp3) is 0.467. The normalized spacial score (nSPS) is 13.3. The smallest absolute Gasteiger partial charge is 0.310 e. The van der Waals surface area contributed by atoms with Crippen molar-refractivity contribution in [3.63, 3.8) is 0 Å². The number of rotatable bonds is 6. The van der Waals surface area contributed by atoms with Crippen LogP contribution in [0.2, 0.25) is 0 Å². The zero-order valence-electron chi connectivity index (χ0n) is 11.6. The summed E-state index contributed by atoms with van der Waals surface area (Å²) in [6, 6.07) is 2.01. The molecule has 1 nitrogen and oxygen atoms in total. The molecule has 1 unspecified atom stereocenters. The molecule has 0 saturated carbocycles. The highest BCUT2D eigenvalue weighted by molar-refractivity contribution is 5.34. The predicted octanol–water partition coefficient (Wildman–Crippen LogP) is 4.85. The van der Waals surface area contributed by atoms with E-state index in [0.717, 1.165) is 30.2 Å². The predicted molar refractivity (Wildman–Crippen MR) is 71.9 cm³/mol. The highest BCUT2D eigenvalue weighted by Crippen LogP contribution is 2.36. The fourth-order valence-electron chi connectivity index (χ4n) is 2.04. The van der Waals surface area contributed by atoms with E-state index in [1.165, 1.54) is 0 Å². The molecule has 0 fully saturated rings.